The number of aliphatic hydroxyl groups is 1. The summed E-state index contributed by atoms with van der Waals surface area (Å²) >= 11 is 0. The van der Waals surface area contributed by atoms with Gasteiger partial charge in [-0.2, -0.15) is 0 Å². The number of carbonyl (C=O) groups is 2. The van der Waals surface area contributed by atoms with Gasteiger partial charge in [0.05, 0.1) is 13.2 Å². The minimum atomic E-state index is -1.93. The van der Waals surface area contributed by atoms with Crippen molar-refractivity contribution in [2.45, 2.75) is 77.8 Å². The van der Waals surface area contributed by atoms with Gasteiger partial charge in [-0.15, -0.1) is 0 Å². The molecule has 27 heavy (non-hydrogen) atoms. The van der Waals surface area contributed by atoms with Gasteiger partial charge < -0.3 is 23.9 Å². The Morgan fingerprint density at radius 2 is 1.67 bits per heavy atom. The lowest BCUT2D eigenvalue weighted by atomic mass is 9.74. The number of carbonyl (C=O) groups excluding carboxylic acids is 2. The lowest BCUT2D eigenvalue weighted by Crippen LogP contribution is -2.68. The van der Waals surface area contributed by atoms with E-state index in [1.165, 1.54) is 12.0 Å². The molecule has 0 aromatic carbocycles. The van der Waals surface area contributed by atoms with Gasteiger partial charge in [-0.3, -0.25) is 4.79 Å². The Morgan fingerprint density at radius 1 is 1.15 bits per heavy atom. The number of nitrogens with zero attached hydrogens (tertiary/aromatic N) is 1. The van der Waals surface area contributed by atoms with Crippen LogP contribution in [0.5, 0.6) is 0 Å². The molecule has 1 amide bonds. The summed E-state index contributed by atoms with van der Waals surface area (Å²) in [5, 5.41) is 10.8. The molecular weight excluding hydrogens is 366 g/mol. The number of hydrogen-bond acceptors (Lipinski definition) is 6. The van der Waals surface area contributed by atoms with Crippen molar-refractivity contribution in [3.8, 4) is 0 Å². The van der Waals surface area contributed by atoms with Gasteiger partial charge in [-0.05, 0) is 45.3 Å². The van der Waals surface area contributed by atoms with Gasteiger partial charge in [0.25, 0.3) is 0 Å². The topological polar surface area (TPSA) is 85.3 Å². The second-order valence-electron chi connectivity index (χ2n) is 9.90. The maximum absolute atomic E-state index is 12.3. The average Bonchev–Trinajstić information content (AvgIpc) is 2.42. The highest BCUT2D eigenvalue weighted by atomic mass is 28.4. The van der Waals surface area contributed by atoms with E-state index in [0.29, 0.717) is 13.0 Å². The molecule has 158 valence electrons. The quantitative estimate of drug-likeness (QED) is 0.542. The molecule has 1 rings (SSSR count). The van der Waals surface area contributed by atoms with Crippen LogP contribution in [0.1, 0.15) is 48.0 Å². The standard InChI is InChI=1S/C19H37NO6Si/c1-17(2,3)26-16(23)20-12-19(13-20,15(22)24-7)14(21)10-11-25-27(8,9)18(4,5)6/h14,21H,10-13H2,1-9H3. The van der Waals surface area contributed by atoms with Crippen molar-refractivity contribution in [3.63, 3.8) is 0 Å². The molecule has 0 aromatic rings. The third-order valence-corrected chi connectivity index (χ3v) is 10.0. The fourth-order valence-corrected chi connectivity index (χ4v) is 3.75. The average molecular weight is 404 g/mol. The molecule has 1 heterocycles. The molecule has 1 aliphatic rings. The summed E-state index contributed by atoms with van der Waals surface area (Å²) in [6.45, 7) is 16.6. The van der Waals surface area contributed by atoms with E-state index in [1.54, 1.807) is 20.8 Å². The summed E-state index contributed by atoms with van der Waals surface area (Å²) in [6, 6.07) is 0. The SMILES string of the molecule is COC(=O)C1(C(O)CCO[Si](C)(C)C(C)(C)C)CN(C(=O)OC(C)(C)C)C1. The molecule has 7 nitrogen and oxygen atoms in total. The van der Waals surface area contributed by atoms with Crippen LogP contribution in [0.4, 0.5) is 4.79 Å². The zero-order chi connectivity index (χ0) is 21.3. The van der Waals surface area contributed by atoms with E-state index >= 15 is 0 Å². The maximum atomic E-state index is 12.3. The number of methoxy groups -OCH3 is 1. The van der Waals surface area contributed by atoms with E-state index in [0.717, 1.165) is 0 Å². The van der Waals surface area contributed by atoms with E-state index in [4.69, 9.17) is 13.9 Å². The molecular formula is C19H37NO6Si. The first-order chi connectivity index (χ1) is 12.1. The summed E-state index contributed by atoms with van der Waals surface area (Å²) in [7, 11) is -0.638. The molecule has 1 fully saturated rings. The van der Waals surface area contributed by atoms with E-state index < -0.39 is 37.5 Å². The largest absolute Gasteiger partial charge is 0.468 e. The van der Waals surface area contributed by atoms with Crippen LogP contribution in [-0.4, -0.2) is 68.9 Å². The number of aliphatic hydroxyl groups excluding tert-OH is 1. The lowest BCUT2D eigenvalue weighted by Gasteiger charge is -2.50. The Hall–Kier alpha value is -1.12. The summed E-state index contributed by atoms with van der Waals surface area (Å²) in [6.07, 6.45) is -1.14. The molecule has 1 saturated heterocycles. The number of esters is 1. The zero-order valence-electron chi connectivity index (χ0n) is 18.3. The molecule has 1 N–H and O–H groups in total. The second-order valence-corrected chi connectivity index (χ2v) is 14.7. The van der Waals surface area contributed by atoms with Crippen molar-refractivity contribution < 1.29 is 28.6 Å². The van der Waals surface area contributed by atoms with Gasteiger partial charge in [0, 0.05) is 19.7 Å². The highest BCUT2D eigenvalue weighted by Crippen LogP contribution is 2.39. The summed E-state index contributed by atoms with van der Waals surface area (Å²) in [5.74, 6) is -0.512. The molecule has 0 aromatic heterocycles. The molecule has 0 bridgehead atoms. The fraction of sp³-hybridized carbons (Fsp3) is 0.895. The van der Waals surface area contributed by atoms with Crippen LogP contribution < -0.4 is 0 Å². The maximum Gasteiger partial charge on any atom is 0.410 e. The second kappa shape index (κ2) is 8.09. The molecule has 0 saturated carbocycles. The normalized spacial score (nSPS) is 18.5. The number of rotatable bonds is 6. The fourth-order valence-electron chi connectivity index (χ4n) is 2.69. The first-order valence-electron chi connectivity index (χ1n) is 9.44. The summed E-state index contributed by atoms with van der Waals surface area (Å²) in [4.78, 5) is 25.9. The van der Waals surface area contributed by atoms with Crippen molar-refractivity contribution in [2.24, 2.45) is 5.41 Å². The molecule has 0 aliphatic carbocycles. The Bertz CT molecular complexity index is 543. The van der Waals surface area contributed by atoms with Crippen molar-refractivity contribution in [3.05, 3.63) is 0 Å². The van der Waals surface area contributed by atoms with Crippen molar-refractivity contribution in [1.82, 2.24) is 4.90 Å². The number of ether oxygens (including phenoxy) is 2. The van der Waals surface area contributed by atoms with Gasteiger partial charge in [0.15, 0.2) is 8.32 Å². The number of amides is 1. The predicted molar refractivity (Wildman–Crippen MR) is 106 cm³/mol. The highest BCUT2D eigenvalue weighted by Gasteiger charge is 2.57. The zero-order valence-corrected chi connectivity index (χ0v) is 19.3. The predicted octanol–water partition coefficient (Wildman–Crippen LogP) is 3.17. The molecule has 0 radical (unpaired) electrons. The van der Waals surface area contributed by atoms with E-state index in [2.05, 4.69) is 33.9 Å². The Morgan fingerprint density at radius 3 is 2.07 bits per heavy atom. The third kappa shape index (κ3) is 5.68. The van der Waals surface area contributed by atoms with E-state index in [1.807, 2.05) is 0 Å². The highest BCUT2D eigenvalue weighted by molar-refractivity contribution is 6.74. The van der Waals surface area contributed by atoms with Crippen LogP contribution in [-0.2, 0) is 18.7 Å². The van der Waals surface area contributed by atoms with Gasteiger partial charge in [0.2, 0.25) is 0 Å². The molecule has 0 spiro atoms. The molecule has 1 unspecified atom stereocenters. The summed E-state index contributed by atoms with van der Waals surface area (Å²) in [5.41, 5.74) is -1.74. The van der Waals surface area contributed by atoms with Gasteiger partial charge >= 0.3 is 12.1 Å². The van der Waals surface area contributed by atoms with Crippen LogP contribution in [0.15, 0.2) is 0 Å². The Kier molecular flexibility index (Phi) is 7.16. The van der Waals surface area contributed by atoms with Crippen molar-refractivity contribution in [2.75, 3.05) is 26.8 Å². The Balaban J connectivity index is 2.71. The number of likely N-dealkylation sites (tertiary alicyclic amines) is 1. The minimum Gasteiger partial charge on any atom is -0.468 e. The minimum absolute atomic E-state index is 0.0714. The molecule has 1 aliphatic heterocycles. The van der Waals surface area contributed by atoms with Gasteiger partial charge in [0.1, 0.15) is 11.0 Å². The van der Waals surface area contributed by atoms with Crippen molar-refractivity contribution in [1.29, 1.82) is 0 Å². The first kappa shape index (κ1) is 23.9. The van der Waals surface area contributed by atoms with Crippen molar-refractivity contribution >= 4 is 20.4 Å². The Labute approximate surface area is 164 Å². The first-order valence-corrected chi connectivity index (χ1v) is 12.3. The third-order valence-electron chi connectivity index (χ3n) is 5.49. The van der Waals surface area contributed by atoms with Gasteiger partial charge in [-0.25, -0.2) is 4.79 Å². The smallest absolute Gasteiger partial charge is 0.410 e. The van der Waals surface area contributed by atoms with E-state index in [9.17, 15) is 14.7 Å². The lowest BCUT2D eigenvalue weighted by molar-refractivity contribution is -0.177. The van der Waals surface area contributed by atoms with E-state index in [-0.39, 0.29) is 18.1 Å². The number of hydrogen-bond donors (Lipinski definition) is 1. The van der Waals surface area contributed by atoms with Crippen LogP contribution in [0, 0.1) is 5.41 Å². The van der Waals surface area contributed by atoms with Gasteiger partial charge in [-0.1, -0.05) is 20.8 Å². The molecule has 1 atom stereocenters. The van der Waals surface area contributed by atoms with Crippen LogP contribution in [0.2, 0.25) is 18.1 Å². The van der Waals surface area contributed by atoms with Crippen LogP contribution >= 0.6 is 0 Å². The van der Waals surface area contributed by atoms with Crippen LogP contribution in [0.25, 0.3) is 0 Å². The van der Waals surface area contributed by atoms with Crippen LogP contribution in [0.3, 0.4) is 0 Å². The summed E-state index contributed by atoms with van der Waals surface area (Å²) < 4.78 is 16.3. The monoisotopic (exact) mass is 403 g/mol. The molecule has 8 heteroatoms.